The van der Waals surface area contributed by atoms with Gasteiger partial charge >= 0.3 is 0 Å². The molecule has 0 aromatic carbocycles. The smallest absolute Gasteiger partial charge is 0.0916 e. The zero-order chi connectivity index (χ0) is 19.8. The molecule has 0 spiro atoms. The second-order valence-electron chi connectivity index (χ2n) is 8.17. The highest BCUT2D eigenvalue weighted by molar-refractivity contribution is 5.08. The molecule has 1 saturated heterocycles. The highest BCUT2D eigenvalue weighted by Crippen LogP contribution is 2.34. The first-order chi connectivity index (χ1) is 12.2. The fraction of sp³-hybridized carbons (Fsp3) is 0.727. The van der Waals surface area contributed by atoms with Gasteiger partial charge in [0, 0.05) is 0 Å². The van der Waals surface area contributed by atoms with E-state index in [1.54, 1.807) is 12.2 Å². The fourth-order valence-electron chi connectivity index (χ4n) is 3.44. The summed E-state index contributed by atoms with van der Waals surface area (Å²) in [5.74, 6) is 0.0759. The van der Waals surface area contributed by atoms with Gasteiger partial charge in [0.25, 0.3) is 0 Å². The third kappa shape index (κ3) is 6.66. The van der Waals surface area contributed by atoms with Crippen molar-refractivity contribution in [3.05, 3.63) is 36.0 Å². The van der Waals surface area contributed by atoms with Crippen LogP contribution in [0.4, 0.5) is 0 Å². The lowest BCUT2D eigenvalue weighted by Gasteiger charge is -2.35. The van der Waals surface area contributed by atoms with E-state index in [9.17, 15) is 10.2 Å². The highest BCUT2D eigenvalue weighted by atomic mass is 16.5. The number of ether oxygens (including phenoxy) is 1. The summed E-state index contributed by atoms with van der Waals surface area (Å²) >= 11 is 0. The average molecular weight is 367 g/mol. The first-order valence-corrected chi connectivity index (χ1v) is 9.77. The van der Waals surface area contributed by atoms with Gasteiger partial charge in [0.1, 0.15) is 0 Å². The first-order valence-electron chi connectivity index (χ1n) is 9.77. The molecule has 0 bridgehead atoms. The molecule has 26 heavy (non-hydrogen) atoms. The van der Waals surface area contributed by atoms with E-state index in [4.69, 9.17) is 9.84 Å². The van der Waals surface area contributed by atoms with Gasteiger partial charge in [-0.05, 0) is 64.4 Å². The summed E-state index contributed by atoms with van der Waals surface area (Å²) in [6, 6.07) is 0. The van der Waals surface area contributed by atoms with Gasteiger partial charge < -0.3 is 20.1 Å². The maximum Gasteiger partial charge on any atom is 0.0916 e. The van der Waals surface area contributed by atoms with Crippen molar-refractivity contribution >= 4 is 0 Å². The lowest BCUT2D eigenvalue weighted by Crippen LogP contribution is -2.41. The third-order valence-corrected chi connectivity index (χ3v) is 5.77. The predicted octanol–water partition coefficient (Wildman–Crippen LogP) is 3.91. The van der Waals surface area contributed by atoms with Crippen LogP contribution in [0, 0.1) is 5.92 Å². The average Bonchev–Trinajstić information content (AvgIpc) is 2.74. The zero-order valence-electron chi connectivity index (χ0n) is 17.0. The van der Waals surface area contributed by atoms with Crippen LogP contribution in [0.15, 0.2) is 36.0 Å². The molecule has 2 unspecified atom stereocenters. The molecule has 1 aliphatic rings. The molecular formula is C22H38O4. The summed E-state index contributed by atoms with van der Waals surface area (Å²) in [6.07, 6.45) is 9.37. The van der Waals surface area contributed by atoms with Crippen molar-refractivity contribution in [3.8, 4) is 0 Å². The van der Waals surface area contributed by atoms with Gasteiger partial charge in [0.15, 0.2) is 0 Å². The minimum absolute atomic E-state index is 0.00876. The number of allylic oxidation sites excluding steroid dienone is 1. The van der Waals surface area contributed by atoms with Crippen LogP contribution >= 0.6 is 0 Å². The molecular weight excluding hydrogens is 328 g/mol. The lowest BCUT2D eigenvalue weighted by molar-refractivity contribution is -0.105. The molecule has 0 aliphatic carbocycles. The summed E-state index contributed by atoms with van der Waals surface area (Å²) in [5, 5.41) is 30.4. The second-order valence-corrected chi connectivity index (χ2v) is 8.17. The van der Waals surface area contributed by atoms with E-state index < -0.39 is 17.3 Å². The standard InChI is InChI=1S/C22H38O4/c1-6-22(25,14-11-17(2)3)18(4)8-7-13-21(5)20(24)10-9-19(12-15-23)16-26-21/h6,11-12,18,20,23-25H,1,7-10,13-16H2,2-5H3/t18?,20-,21+,22?/m1/s1. The predicted molar refractivity (Wildman–Crippen MR) is 107 cm³/mol. The van der Waals surface area contributed by atoms with Gasteiger partial charge in [-0.25, -0.2) is 0 Å². The molecule has 1 rings (SSSR count). The van der Waals surface area contributed by atoms with Crippen LogP contribution in [0.2, 0.25) is 0 Å². The minimum atomic E-state index is -0.905. The van der Waals surface area contributed by atoms with E-state index in [1.165, 1.54) is 5.57 Å². The van der Waals surface area contributed by atoms with E-state index in [0.29, 0.717) is 19.4 Å². The Bertz CT molecular complexity index is 506. The Hall–Kier alpha value is -0.940. The molecule has 0 aromatic rings. The van der Waals surface area contributed by atoms with Gasteiger partial charge in [-0.3, -0.25) is 0 Å². The summed E-state index contributed by atoms with van der Waals surface area (Å²) in [4.78, 5) is 0. The Balaban J connectivity index is 2.62. The number of hydrogen-bond donors (Lipinski definition) is 3. The molecule has 0 amide bonds. The monoisotopic (exact) mass is 366 g/mol. The van der Waals surface area contributed by atoms with Gasteiger partial charge in [0.05, 0.1) is 30.5 Å². The normalized spacial score (nSPS) is 28.9. The van der Waals surface area contributed by atoms with Crippen molar-refractivity contribution in [2.24, 2.45) is 5.92 Å². The van der Waals surface area contributed by atoms with Crippen molar-refractivity contribution in [1.82, 2.24) is 0 Å². The topological polar surface area (TPSA) is 69.9 Å². The zero-order valence-corrected chi connectivity index (χ0v) is 17.0. The molecule has 1 aliphatic heterocycles. The Morgan fingerprint density at radius 2 is 2.15 bits per heavy atom. The fourth-order valence-corrected chi connectivity index (χ4v) is 3.44. The largest absolute Gasteiger partial charge is 0.392 e. The minimum Gasteiger partial charge on any atom is -0.392 e. The number of aliphatic hydroxyl groups is 3. The quantitative estimate of drug-likeness (QED) is 0.541. The maximum atomic E-state index is 10.9. The van der Waals surface area contributed by atoms with E-state index in [0.717, 1.165) is 31.3 Å². The SMILES string of the molecule is C=CC(O)(CC=C(C)C)C(C)CCC[C@]1(C)OCC(=CCO)CC[C@H]1O. The van der Waals surface area contributed by atoms with Crippen LogP contribution in [-0.4, -0.2) is 45.8 Å². The molecule has 1 fully saturated rings. The van der Waals surface area contributed by atoms with Crippen LogP contribution < -0.4 is 0 Å². The van der Waals surface area contributed by atoms with E-state index in [-0.39, 0.29) is 12.5 Å². The van der Waals surface area contributed by atoms with Crippen molar-refractivity contribution in [1.29, 1.82) is 0 Å². The Morgan fingerprint density at radius 3 is 2.73 bits per heavy atom. The Morgan fingerprint density at radius 1 is 1.46 bits per heavy atom. The van der Waals surface area contributed by atoms with Gasteiger partial charge in [0.2, 0.25) is 0 Å². The number of hydrogen-bond acceptors (Lipinski definition) is 4. The third-order valence-electron chi connectivity index (χ3n) is 5.77. The molecule has 4 atom stereocenters. The molecule has 3 N–H and O–H groups in total. The van der Waals surface area contributed by atoms with Crippen LogP contribution in [0.5, 0.6) is 0 Å². The van der Waals surface area contributed by atoms with Crippen molar-refractivity contribution in [3.63, 3.8) is 0 Å². The summed E-state index contributed by atoms with van der Waals surface area (Å²) < 4.78 is 6.02. The molecule has 4 heteroatoms. The van der Waals surface area contributed by atoms with Crippen LogP contribution in [0.3, 0.4) is 0 Å². The van der Waals surface area contributed by atoms with Gasteiger partial charge in [-0.1, -0.05) is 37.1 Å². The van der Waals surface area contributed by atoms with Gasteiger partial charge in [-0.15, -0.1) is 6.58 Å². The van der Waals surface area contributed by atoms with Gasteiger partial charge in [-0.2, -0.15) is 0 Å². The highest BCUT2D eigenvalue weighted by Gasteiger charge is 2.36. The first kappa shape index (κ1) is 23.1. The van der Waals surface area contributed by atoms with E-state index in [1.807, 2.05) is 26.8 Å². The molecule has 0 aromatic heterocycles. The van der Waals surface area contributed by atoms with Crippen molar-refractivity contribution in [2.45, 2.75) is 83.5 Å². The summed E-state index contributed by atoms with van der Waals surface area (Å²) in [7, 11) is 0. The Kier molecular flexibility index (Phi) is 9.25. The summed E-state index contributed by atoms with van der Waals surface area (Å²) in [5.41, 5.74) is 0.743. The van der Waals surface area contributed by atoms with Crippen molar-refractivity contribution < 1.29 is 20.1 Å². The second kappa shape index (κ2) is 10.4. The lowest BCUT2D eigenvalue weighted by atomic mass is 9.80. The number of rotatable bonds is 9. The molecule has 0 radical (unpaired) electrons. The maximum absolute atomic E-state index is 10.9. The summed E-state index contributed by atoms with van der Waals surface area (Å²) in [6.45, 7) is 12.4. The van der Waals surface area contributed by atoms with Crippen LogP contribution in [-0.2, 0) is 4.74 Å². The van der Waals surface area contributed by atoms with E-state index in [2.05, 4.69) is 13.5 Å². The van der Waals surface area contributed by atoms with Crippen molar-refractivity contribution in [2.75, 3.05) is 13.2 Å². The van der Waals surface area contributed by atoms with Crippen LogP contribution in [0.1, 0.15) is 66.2 Å². The molecule has 1 heterocycles. The molecule has 4 nitrogen and oxygen atoms in total. The molecule has 0 saturated carbocycles. The molecule has 150 valence electrons. The van der Waals surface area contributed by atoms with E-state index >= 15 is 0 Å². The Labute approximate surface area is 159 Å². The van der Waals surface area contributed by atoms with Crippen LogP contribution in [0.25, 0.3) is 0 Å². The number of aliphatic hydroxyl groups excluding tert-OH is 2.